The molecule has 1 aromatic carbocycles. The molecule has 1 aliphatic carbocycles. The number of aryl methyl sites for hydroxylation is 1. The van der Waals surface area contributed by atoms with E-state index < -0.39 is 11.5 Å². The van der Waals surface area contributed by atoms with Gasteiger partial charge in [-0.1, -0.05) is 31.8 Å². The zero-order chi connectivity index (χ0) is 27.7. The zero-order valence-electron chi connectivity index (χ0n) is 22.7. The Balaban J connectivity index is 1.49. The second-order valence-electron chi connectivity index (χ2n) is 10.4. The number of benzene rings is 1. The van der Waals surface area contributed by atoms with Crippen LogP contribution < -0.4 is 10.6 Å². The van der Waals surface area contributed by atoms with Crippen LogP contribution in [0, 0.1) is 24.2 Å². The van der Waals surface area contributed by atoms with Gasteiger partial charge in [-0.15, -0.1) is 0 Å². The topological polar surface area (TPSA) is 122 Å². The summed E-state index contributed by atoms with van der Waals surface area (Å²) in [5.74, 6) is 6.19. The molecule has 2 aromatic heterocycles. The van der Waals surface area contributed by atoms with Gasteiger partial charge in [-0.05, 0) is 50.8 Å². The van der Waals surface area contributed by atoms with E-state index in [0.717, 1.165) is 24.0 Å². The van der Waals surface area contributed by atoms with Crippen molar-refractivity contribution in [3.8, 4) is 23.0 Å². The van der Waals surface area contributed by atoms with E-state index in [1.807, 2.05) is 45.9 Å². The largest absolute Gasteiger partial charge is 0.354 e. The molecule has 2 N–H and O–H groups in total. The summed E-state index contributed by atoms with van der Waals surface area (Å²) >= 11 is 0. The second kappa shape index (κ2) is 10.5. The van der Waals surface area contributed by atoms with E-state index in [-0.39, 0.29) is 36.0 Å². The quantitative estimate of drug-likeness (QED) is 0.412. The van der Waals surface area contributed by atoms with Gasteiger partial charge in [0.25, 0.3) is 5.91 Å². The molecule has 0 spiro atoms. The first-order chi connectivity index (χ1) is 18.8. The van der Waals surface area contributed by atoms with Crippen LogP contribution >= 0.6 is 0 Å². The highest BCUT2D eigenvalue weighted by Gasteiger charge is 2.55. The number of nitrogens with zero attached hydrogens (tertiary/aromatic N) is 5. The average molecular weight is 528 g/mol. The maximum Gasteiger partial charge on any atom is 0.272 e. The van der Waals surface area contributed by atoms with E-state index >= 15 is 0 Å². The maximum absolute atomic E-state index is 13.8. The van der Waals surface area contributed by atoms with Gasteiger partial charge >= 0.3 is 0 Å². The number of hydrogen-bond acceptors (Lipinski definition) is 6. The first-order valence-corrected chi connectivity index (χ1v) is 13.4. The molecule has 0 bridgehead atoms. The van der Waals surface area contributed by atoms with Crippen LogP contribution in [0.3, 0.4) is 0 Å². The molecule has 1 aliphatic heterocycles. The standard InChI is InChI=1S/C29H33N7O3/c1-5-11-30-27(38)23-14-29(4)10-9-24(29)36(23)25(37)17-35-22-8-7-19(20-15-32-18(3)33-16-20)13-21(22)26(34-35)28(39)31-12-6-2/h7-8,13,15-16,23-24H,5-6,11-12,14,17H2,1-4H3,(H,30,38)(H,31,39)/t23-,24+,29+/m0/s1. The highest BCUT2D eigenvalue weighted by atomic mass is 16.2. The Kier molecular flexibility index (Phi) is 7.08. The molecule has 202 valence electrons. The number of nitrogens with one attached hydrogen (secondary N) is 2. The third kappa shape index (κ3) is 4.85. The van der Waals surface area contributed by atoms with E-state index in [2.05, 4.69) is 37.5 Å². The molecule has 3 amide bonds. The van der Waals surface area contributed by atoms with Crippen molar-refractivity contribution >= 4 is 28.6 Å². The molecule has 0 saturated carbocycles. The van der Waals surface area contributed by atoms with Gasteiger partial charge in [0.1, 0.15) is 24.5 Å². The monoisotopic (exact) mass is 527 g/mol. The van der Waals surface area contributed by atoms with Crippen molar-refractivity contribution < 1.29 is 14.4 Å². The van der Waals surface area contributed by atoms with Gasteiger partial charge in [-0.25, -0.2) is 9.97 Å². The van der Waals surface area contributed by atoms with Crippen LogP contribution in [-0.4, -0.2) is 67.5 Å². The molecule has 2 aliphatic rings. The molecule has 0 radical (unpaired) electrons. The molecule has 3 aromatic rings. The zero-order valence-corrected chi connectivity index (χ0v) is 22.7. The van der Waals surface area contributed by atoms with E-state index in [9.17, 15) is 14.4 Å². The molecule has 10 nitrogen and oxygen atoms in total. The van der Waals surface area contributed by atoms with Gasteiger partial charge in [-0.2, -0.15) is 5.10 Å². The highest BCUT2D eigenvalue weighted by Crippen LogP contribution is 2.44. The van der Waals surface area contributed by atoms with Crippen molar-refractivity contribution in [1.29, 1.82) is 0 Å². The number of amides is 3. The fraction of sp³-hybridized carbons (Fsp3) is 0.448. The number of fused-ring (bicyclic) bond motifs is 2. The van der Waals surface area contributed by atoms with E-state index in [1.54, 1.807) is 22.0 Å². The van der Waals surface area contributed by atoms with E-state index in [0.29, 0.717) is 36.2 Å². The first-order valence-electron chi connectivity index (χ1n) is 13.4. The molecule has 3 atom stereocenters. The maximum atomic E-state index is 13.8. The smallest absolute Gasteiger partial charge is 0.272 e. The summed E-state index contributed by atoms with van der Waals surface area (Å²) in [5, 5.41) is 11.0. The molecule has 39 heavy (non-hydrogen) atoms. The lowest BCUT2D eigenvalue weighted by Gasteiger charge is -2.34. The molecule has 1 fully saturated rings. The predicted octanol–water partition coefficient (Wildman–Crippen LogP) is 2.46. The van der Waals surface area contributed by atoms with Crippen LogP contribution in [0.25, 0.3) is 22.0 Å². The van der Waals surface area contributed by atoms with Crippen molar-refractivity contribution in [2.24, 2.45) is 5.41 Å². The van der Waals surface area contributed by atoms with Crippen molar-refractivity contribution in [3.63, 3.8) is 0 Å². The van der Waals surface area contributed by atoms with Gasteiger partial charge in [0, 0.05) is 36.4 Å². The van der Waals surface area contributed by atoms with Gasteiger partial charge in [0.15, 0.2) is 5.69 Å². The molecular weight excluding hydrogens is 494 g/mol. The van der Waals surface area contributed by atoms with Crippen LogP contribution in [0.4, 0.5) is 0 Å². The summed E-state index contributed by atoms with van der Waals surface area (Å²) in [6.45, 7) is 8.73. The molecule has 3 heterocycles. The van der Waals surface area contributed by atoms with E-state index in [4.69, 9.17) is 0 Å². The summed E-state index contributed by atoms with van der Waals surface area (Å²) in [5.41, 5.74) is 2.15. The predicted molar refractivity (Wildman–Crippen MR) is 146 cm³/mol. The molecule has 5 rings (SSSR count). The number of carbonyl (C=O) groups is 3. The third-order valence-corrected chi connectivity index (χ3v) is 7.37. The number of carbonyl (C=O) groups excluding carboxylic acids is 3. The van der Waals surface area contributed by atoms with Gasteiger partial charge in [0.2, 0.25) is 11.8 Å². The van der Waals surface area contributed by atoms with Crippen molar-refractivity contribution in [3.05, 3.63) is 42.1 Å². The number of likely N-dealkylation sites (tertiary alicyclic amines) is 1. The Morgan fingerprint density at radius 2 is 1.79 bits per heavy atom. The minimum Gasteiger partial charge on any atom is -0.354 e. The Labute approximate surface area is 227 Å². The van der Waals surface area contributed by atoms with Crippen molar-refractivity contribution in [2.45, 2.75) is 65.6 Å². The van der Waals surface area contributed by atoms with Gasteiger partial charge < -0.3 is 15.5 Å². The molecule has 0 unspecified atom stereocenters. The Bertz CT molecular complexity index is 1500. The van der Waals surface area contributed by atoms with Crippen molar-refractivity contribution in [2.75, 3.05) is 13.1 Å². The first kappa shape index (κ1) is 26.4. The summed E-state index contributed by atoms with van der Waals surface area (Å²) in [6, 6.07) is 4.71. The Hall–Kier alpha value is -4.26. The summed E-state index contributed by atoms with van der Waals surface area (Å²) < 4.78 is 1.55. The number of hydrogen-bond donors (Lipinski definition) is 2. The lowest BCUT2D eigenvalue weighted by atomic mass is 9.76. The Morgan fingerprint density at radius 3 is 2.46 bits per heavy atom. The summed E-state index contributed by atoms with van der Waals surface area (Å²) in [6.07, 6.45) is 5.57. The SMILES string of the molecule is CCCNC(=O)c1nn(CC(=O)N2[C@H](C(=O)NCCC)C[C@@]3(C)C#C[C@@H]23)c2ccc(-c3cnc(C)nc3)cc12. The van der Waals surface area contributed by atoms with Gasteiger partial charge in [0.05, 0.1) is 10.9 Å². The lowest BCUT2D eigenvalue weighted by Crippen LogP contribution is -2.51. The summed E-state index contributed by atoms with van der Waals surface area (Å²) in [4.78, 5) is 50.0. The third-order valence-electron chi connectivity index (χ3n) is 7.37. The fourth-order valence-electron chi connectivity index (χ4n) is 5.23. The van der Waals surface area contributed by atoms with Crippen molar-refractivity contribution in [1.82, 2.24) is 35.3 Å². The van der Waals surface area contributed by atoms with E-state index in [1.165, 1.54) is 0 Å². The van der Waals surface area contributed by atoms with Crippen LogP contribution in [0.5, 0.6) is 0 Å². The van der Waals surface area contributed by atoms with Crippen LogP contribution in [0.15, 0.2) is 30.6 Å². The lowest BCUT2D eigenvalue weighted by molar-refractivity contribution is -0.140. The highest BCUT2D eigenvalue weighted by molar-refractivity contribution is 6.06. The molecular formula is C29H33N7O3. The second-order valence-corrected chi connectivity index (χ2v) is 10.4. The molecule has 1 saturated heterocycles. The summed E-state index contributed by atoms with van der Waals surface area (Å²) in [7, 11) is 0. The molecule has 10 heteroatoms. The number of rotatable bonds is 9. The average Bonchev–Trinajstić information content (AvgIpc) is 3.38. The van der Waals surface area contributed by atoms with Crippen LogP contribution in [-0.2, 0) is 16.1 Å². The number of aromatic nitrogens is 4. The normalized spacial score (nSPS) is 21.1. The minimum atomic E-state index is -0.608. The Morgan fingerprint density at radius 1 is 1.08 bits per heavy atom. The van der Waals surface area contributed by atoms with Crippen LogP contribution in [0.1, 0.15) is 56.3 Å². The fourth-order valence-corrected chi connectivity index (χ4v) is 5.23. The van der Waals surface area contributed by atoms with Gasteiger partial charge in [-0.3, -0.25) is 19.1 Å². The van der Waals surface area contributed by atoms with Crippen LogP contribution in [0.2, 0.25) is 0 Å². The minimum absolute atomic E-state index is 0.115.